The Morgan fingerprint density at radius 1 is 1.50 bits per heavy atom. The minimum Gasteiger partial charge on any atom is -0.237 e. The van der Waals surface area contributed by atoms with Crippen molar-refractivity contribution in [1.82, 2.24) is 16.4 Å². The third kappa shape index (κ3) is 1.04. The molecule has 0 amide bonds. The second kappa shape index (κ2) is 2.23. The molecule has 0 aromatic heterocycles. The molecule has 6 heteroatoms. The Bertz CT molecular complexity index is 189. The molecule has 1 fully saturated rings. The second-order valence-corrected chi connectivity index (χ2v) is 2.22. The number of hydrogen-bond acceptors (Lipinski definition) is 4. The van der Waals surface area contributed by atoms with Crippen LogP contribution in [0.25, 0.3) is 0 Å². The van der Waals surface area contributed by atoms with Gasteiger partial charge in [-0.3, -0.25) is 0 Å². The smallest absolute Gasteiger partial charge is 0.230 e. The summed E-state index contributed by atoms with van der Waals surface area (Å²) in [6.07, 6.45) is 0. The van der Waals surface area contributed by atoms with Crippen LogP contribution in [0.5, 0.6) is 0 Å². The summed E-state index contributed by atoms with van der Waals surface area (Å²) >= 11 is 0. The van der Waals surface area contributed by atoms with Crippen LogP contribution < -0.4 is 16.4 Å². The van der Waals surface area contributed by atoms with Gasteiger partial charge in [-0.2, -0.15) is 14.0 Å². The molecule has 1 saturated heterocycles. The lowest BCUT2D eigenvalue weighted by molar-refractivity contribution is 0.608. The molecule has 1 aliphatic rings. The van der Waals surface area contributed by atoms with Crippen molar-refractivity contribution >= 4 is 15.3 Å². The fourth-order valence-corrected chi connectivity index (χ4v) is 0.708. The van der Waals surface area contributed by atoms with Crippen LogP contribution in [0.3, 0.4) is 0 Å². The van der Waals surface area contributed by atoms with E-state index in [9.17, 15) is 8.42 Å². The zero-order chi connectivity index (χ0) is 5.98. The first-order chi connectivity index (χ1) is 3.80. The van der Waals surface area contributed by atoms with Crippen LogP contribution in [0.1, 0.15) is 0 Å². The van der Waals surface area contributed by atoms with Crippen molar-refractivity contribution in [1.29, 1.82) is 0 Å². The molecule has 1 rings (SSSR count). The van der Waals surface area contributed by atoms with E-state index in [1.165, 1.54) is 0 Å². The summed E-state index contributed by atoms with van der Waals surface area (Å²) in [6.45, 7) is 0.329. The van der Waals surface area contributed by atoms with Gasteiger partial charge >= 0.3 is 0 Å². The third-order valence-corrected chi connectivity index (χ3v) is 1.39. The average molecular weight is 135 g/mol. The van der Waals surface area contributed by atoms with Gasteiger partial charge in [-0.1, -0.05) is 0 Å². The van der Waals surface area contributed by atoms with E-state index in [4.69, 9.17) is 0 Å². The molecule has 8 heavy (non-hydrogen) atoms. The maximum absolute atomic E-state index is 10.0. The van der Waals surface area contributed by atoms with Crippen LogP contribution in [0, 0.1) is 0 Å². The first-order valence-corrected chi connectivity index (χ1v) is 3.07. The van der Waals surface area contributed by atoms with Crippen molar-refractivity contribution in [2.75, 3.05) is 6.54 Å². The number of nitrogens with one attached hydrogen (secondary N) is 3. The minimum absolute atomic E-state index is 0.241. The molecule has 0 unspecified atom stereocenters. The molecular weight excluding hydrogens is 130 g/mol. The lowest BCUT2D eigenvalue weighted by atomic mass is 10.7. The van der Waals surface area contributed by atoms with E-state index in [0.717, 1.165) is 0 Å². The molecule has 1 aliphatic heterocycles. The van der Waals surface area contributed by atoms with Crippen LogP contribution in [-0.4, -0.2) is 20.0 Å². The third-order valence-electron chi connectivity index (χ3n) is 0.740. The van der Waals surface area contributed by atoms with Crippen molar-refractivity contribution in [2.24, 2.45) is 0 Å². The van der Waals surface area contributed by atoms with Crippen LogP contribution >= 0.6 is 0 Å². The van der Waals surface area contributed by atoms with Gasteiger partial charge in [-0.05, 0) is 0 Å². The molecule has 3 N–H and O–H groups in total. The first-order valence-electron chi connectivity index (χ1n) is 1.99. The monoisotopic (exact) mass is 135 g/mol. The van der Waals surface area contributed by atoms with Gasteiger partial charge in [0.2, 0.25) is 10.3 Å². The topological polar surface area (TPSA) is 70.2 Å². The Labute approximate surface area is 47.5 Å². The Kier molecular flexibility index (Phi) is 1.59. The molecule has 0 saturated carbocycles. The summed E-state index contributed by atoms with van der Waals surface area (Å²) in [5, 5.41) is 0. The fraction of sp³-hybridized carbons (Fsp3) is 0.500. The Morgan fingerprint density at radius 3 is 2.50 bits per heavy atom. The number of hydrogen-bond donors (Lipinski definition) is 3. The van der Waals surface area contributed by atoms with Crippen LogP contribution in [0.2, 0.25) is 0 Å². The Balaban J connectivity index is 2.88. The fourth-order valence-electron chi connectivity index (χ4n) is 0.383. The predicted octanol–water partition coefficient (Wildman–Crippen LogP) is -2.39. The lowest BCUT2D eigenvalue weighted by Crippen LogP contribution is -2.31. The van der Waals surface area contributed by atoms with Gasteiger partial charge in [0.15, 0.2) is 0 Å². The lowest BCUT2D eigenvalue weighted by Gasteiger charge is -1.82. The van der Waals surface area contributed by atoms with Crippen molar-refractivity contribution in [3.05, 3.63) is 0 Å². The molecule has 0 radical (unpaired) electrons. The van der Waals surface area contributed by atoms with Crippen molar-refractivity contribution < 1.29 is 8.42 Å². The average Bonchev–Trinajstić information content (AvgIpc) is 2.12. The van der Waals surface area contributed by atoms with Crippen molar-refractivity contribution in [3.8, 4) is 0 Å². The van der Waals surface area contributed by atoms with E-state index in [2.05, 4.69) is 16.4 Å². The molecule has 0 atom stereocenters. The van der Waals surface area contributed by atoms with Gasteiger partial charge in [-0.15, -0.1) is 0 Å². The van der Waals surface area contributed by atoms with Crippen molar-refractivity contribution in [3.63, 3.8) is 0 Å². The zero-order valence-corrected chi connectivity index (χ0v) is 4.75. The molecule has 0 spiro atoms. The molecule has 1 heterocycles. The first kappa shape index (κ1) is 5.70. The van der Waals surface area contributed by atoms with Gasteiger partial charge in [0.05, 0.1) is 6.54 Å². The summed E-state index contributed by atoms with van der Waals surface area (Å²) < 4.78 is 20.0. The van der Waals surface area contributed by atoms with Crippen LogP contribution in [0.15, 0.2) is 0 Å². The maximum atomic E-state index is 10.0. The Morgan fingerprint density at radius 2 is 2.25 bits per heavy atom. The maximum Gasteiger partial charge on any atom is 0.230 e. The highest BCUT2D eigenvalue weighted by Gasteiger charge is 2.05. The molecule has 0 aliphatic carbocycles. The molecule has 0 aromatic rings. The SMILES string of the molecule is O=S(=O)=C1CNNN1. The highest BCUT2D eigenvalue weighted by Crippen LogP contribution is 1.65. The van der Waals surface area contributed by atoms with E-state index in [1.54, 1.807) is 0 Å². The van der Waals surface area contributed by atoms with Gasteiger partial charge in [-0.25, -0.2) is 10.9 Å². The summed E-state index contributed by atoms with van der Waals surface area (Å²) in [4.78, 5) is 0.241. The van der Waals surface area contributed by atoms with Gasteiger partial charge in [0, 0.05) is 0 Å². The quantitative estimate of drug-likeness (QED) is 0.323. The number of rotatable bonds is 0. The normalized spacial score (nSPS) is 19.2. The minimum atomic E-state index is -2.11. The predicted molar refractivity (Wildman–Crippen MR) is 28.2 cm³/mol. The van der Waals surface area contributed by atoms with E-state index in [-0.39, 0.29) is 4.99 Å². The summed E-state index contributed by atoms with van der Waals surface area (Å²) in [5.74, 6) is 0. The van der Waals surface area contributed by atoms with Gasteiger partial charge in [0.1, 0.15) is 4.99 Å². The molecule has 0 bridgehead atoms. The molecular formula is C2H5N3O2S. The zero-order valence-electron chi connectivity index (χ0n) is 3.93. The van der Waals surface area contributed by atoms with Gasteiger partial charge < -0.3 is 0 Å². The molecule has 0 aromatic carbocycles. The van der Waals surface area contributed by atoms with Crippen LogP contribution in [-0.2, 0) is 10.3 Å². The van der Waals surface area contributed by atoms with Crippen molar-refractivity contribution in [2.45, 2.75) is 0 Å². The van der Waals surface area contributed by atoms with E-state index >= 15 is 0 Å². The summed E-state index contributed by atoms with van der Waals surface area (Å²) in [7, 11) is -2.11. The summed E-state index contributed by atoms with van der Waals surface area (Å²) in [6, 6.07) is 0. The standard InChI is InChI=1S/C2H5N3O2S/c6-8(7)2-1-3-5-4-2/h3-5H,1H2. The van der Waals surface area contributed by atoms with E-state index in [1.807, 2.05) is 0 Å². The van der Waals surface area contributed by atoms with E-state index in [0.29, 0.717) is 6.54 Å². The van der Waals surface area contributed by atoms with E-state index < -0.39 is 10.3 Å². The molecule has 5 nitrogen and oxygen atoms in total. The van der Waals surface area contributed by atoms with Crippen LogP contribution in [0.4, 0.5) is 0 Å². The number of hydrazine groups is 2. The van der Waals surface area contributed by atoms with Gasteiger partial charge in [0.25, 0.3) is 0 Å². The highest BCUT2D eigenvalue weighted by atomic mass is 32.2. The largest absolute Gasteiger partial charge is 0.237 e. The highest BCUT2D eigenvalue weighted by molar-refractivity contribution is 7.72. The second-order valence-electron chi connectivity index (χ2n) is 1.26. The Hall–Kier alpha value is -0.430. The summed E-state index contributed by atoms with van der Waals surface area (Å²) in [5.41, 5.74) is 7.38. The molecule has 46 valence electrons.